The lowest BCUT2D eigenvalue weighted by Gasteiger charge is -2.27. The minimum atomic E-state index is -4.12. The zero-order valence-corrected chi connectivity index (χ0v) is 20.5. The first kappa shape index (κ1) is 25.7. The van der Waals surface area contributed by atoms with Crippen LogP contribution >= 0.6 is 11.6 Å². The van der Waals surface area contributed by atoms with Crippen LogP contribution in [0, 0.1) is 11.8 Å². The third-order valence-corrected chi connectivity index (χ3v) is 6.94. The van der Waals surface area contributed by atoms with Gasteiger partial charge in [0.15, 0.2) is 11.5 Å². The van der Waals surface area contributed by atoms with Crippen molar-refractivity contribution < 1.29 is 26.5 Å². The molecule has 188 valence electrons. The number of aromatic nitrogens is 1. The van der Waals surface area contributed by atoms with Gasteiger partial charge in [-0.25, -0.2) is 14.4 Å². The maximum atomic E-state index is 14.9. The molecule has 0 saturated carbocycles. The monoisotopic (exact) mass is 534 g/mol. The fraction of sp³-hybridized carbons (Fsp3) is 0.208. The third-order valence-electron chi connectivity index (χ3n) is 5.93. The summed E-state index contributed by atoms with van der Waals surface area (Å²) in [6, 6.07) is 11.7. The quantitative estimate of drug-likeness (QED) is 0.353. The van der Waals surface area contributed by atoms with Gasteiger partial charge in [-0.05, 0) is 47.7 Å². The molecule has 4 rings (SSSR count). The van der Waals surface area contributed by atoms with Crippen LogP contribution < -0.4 is 5.73 Å². The Bertz CT molecular complexity index is 1500. The molecule has 1 aliphatic rings. The largest absolute Gasteiger partial charge is 0.369 e. The number of hydrogen-bond acceptors (Lipinski definition) is 6. The van der Waals surface area contributed by atoms with Crippen LogP contribution in [0.4, 0.5) is 8.78 Å². The van der Waals surface area contributed by atoms with Gasteiger partial charge >= 0.3 is 0 Å². The third kappa shape index (κ3) is 4.81. The van der Waals surface area contributed by atoms with E-state index in [0.29, 0.717) is 17.5 Å². The van der Waals surface area contributed by atoms with Gasteiger partial charge in [-0.2, -0.15) is 12.8 Å². The highest BCUT2D eigenvalue weighted by Crippen LogP contribution is 2.41. The molecule has 36 heavy (non-hydrogen) atoms. The maximum absolute atomic E-state index is 14.9. The summed E-state index contributed by atoms with van der Waals surface area (Å²) in [6.45, 7) is 0. The second-order valence-corrected chi connectivity index (χ2v) is 10.3. The molecular formula is C24H21ClF2N4O4S. The number of carbonyl (C=O) groups is 1. The maximum Gasteiger partial charge on any atom is 0.266 e. The molecule has 12 heteroatoms. The van der Waals surface area contributed by atoms with Crippen LogP contribution in [0.1, 0.15) is 23.1 Å². The van der Waals surface area contributed by atoms with Crippen molar-refractivity contribution in [2.24, 2.45) is 10.7 Å². The number of carbonyl (C=O) groups excluding carboxylic acids is 1. The molecule has 1 aromatic heterocycles. The minimum Gasteiger partial charge on any atom is -0.369 e. The highest BCUT2D eigenvalue weighted by molar-refractivity contribution is 7.85. The number of rotatable bonds is 7. The Morgan fingerprint density at radius 2 is 1.83 bits per heavy atom. The van der Waals surface area contributed by atoms with Crippen molar-refractivity contribution in [2.45, 2.75) is 18.4 Å². The number of aryl methyl sites for hydroxylation is 1. The van der Waals surface area contributed by atoms with E-state index in [2.05, 4.69) is 9.98 Å². The molecule has 0 spiro atoms. The lowest BCUT2D eigenvalue weighted by Crippen LogP contribution is -2.41. The van der Waals surface area contributed by atoms with E-state index in [1.807, 2.05) is 0 Å². The molecule has 8 nitrogen and oxygen atoms in total. The smallest absolute Gasteiger partial charge is 0.266 e. The van der Waals surface area contributed by atoms with E-state index in [1.165, 1.54) is 25.2 Å². The summed E-state index contributed by atoms with van der Waals surface area (Å²) >= 11 is 5.95. The van der Waals surface area contributed by atoms with Crippen LogP contribution in [0.5, 0.6) is 0 Å². The molecule has 1 unspecified atom stereocenters. The molecule has 3 aromatic rings. The lowest BCUT2D eigenvalue weighted by molar-refractivity contribution is -0.129. The topological polar surface area (TPSA) is 126 Å². The first-order chi connectivity index (χ1) is 16.9. The van der Waals surface area contributed by atoms with Gasteiger partial charge in [-0.3, -0.25) is 14.2 Å². The van der Waals surface area contributed by atoms with Gasteiger partial charge in [-0.15, -0.1) is 0 Å². The number of pyridine rings is 1. The Kier molecular flexibility index (Phi) is 6.82. The van der Waals surface area contributed by atoms with Crippen molar-refractivity contribution in [1.29, 1.82) is 0 Å². The minimum absolute atomic E-state index is 0.0711. The number of aliphatic imine (C=N–C) groups is 1. The second-order valence-electron chi connectivity index (χ2n) is 8.32. The highest BCUT2D eigenvalue weighted by atomic mass is 35.5. The number of nitrogens with zero attached hydrogens (tertiary/aromatic N) is 3. The number of amides is 1. The van der Waals surface area contributed by atoms with Crippen molar-refractivity contribution in [1.82, 2.24) is 9.88 Å². The molecule has 1 atom stereocenters. The van der Waals surface area contributed by atoms with E-state index in [0.717, 1.165) is 17.2 Å². The Morgan fingerprint density at radius 1 is 1.11 bits per heavy atom. The molecule has 3 N–H and O–H groups in total. The normalized spacial score (nSPS) is 18.0. The van der Waals surface area contributed by atoms with Gasteiger partial charge in [0.2, 0.25) is 5.95 Å². The molecule has 2 heterocycles. The van der Waals surface area contributed by atoms with Gasteiger partial charge in [0.1, 0.15) is 5.82 Å². The summed E-state index contributed by atoms with van der Waals surface area (Å²) in [4.78, 5) is 22.7. The zero-order valence-electron chi connectivity index (χ0n) is 19.0. The Hall–Kier alpha value is -3.41. The van der Waals surface area contributed by atoms with E-state index in [-0.39, 0.29) is 34.1 Å². The Balaban J connectivity index is 1.86. The summed E-state index contributed by atoms with van der Waals surface area (Å²) in [6.07, 6.45) is 1.54. The van der Waals surface area contributed by atoms with Gasteiger partial charge in [0, 0.05) is 24.4 Å². The van der Waals surface area contributed by atoms with Crippen LogP contribution in [0.15, 0.2) is 59.7 Å². The molecule has 2 aromatic carbocycles. The number of likely N-dealkylation sites (N-methyl/N-ethyl adjacent to an activating group) is 1. The average molecular weight is 535 g/mol. The molecule has 1 aliphatic heterocycles. The number of hydrogen-bond donors (Lipinski definition) is 2. The fourth-order valence-electron chi connectivity index (χ4n) is 4.16. The van der Waals surface area contributed by atoms with Crippen LogP contribution in [0.2, 0.25) is 5.02 Å². The average Bonchev–Trinajstić information content (AvgIpc) is 3.05. The predicted molar refractivity (Wildman–Crippen MR) is 131 cm³/mol. The summed E-state index contributed by atoms with van der Waals surface area (Å²) in [5.41, 5.74) is 5.25. The SMILES string of the molecule is CN1C(=O)C(c2cccc(CCCS(=O)(=O)O)c2)(c2ccc(F)c(-c3cc(Cl)cnc3F)c2)N=C1N. The number of benzene rings is 2. The van der Waals surface area contributed by atoms with E-state index < -0.39 is 39.1 Å². The number of nitrogens with two attached hydrogens (primary N) is 1. The molecule has 1 amide bonds. The first-order valence-corrected chi connectivity index (χ1v) is 12.7. The van der Waals surface area contributed by atoms with Gasteiger partial charge in [-0.1, -0.05) is 41.9 Å². The first-order valence-electron chi connectivity index (χ1n) is 10.7. The molecule has 0 saturated heterocycles. The highest BCUT2D eigenvalue weighted by Gasteiger charge is 2.49. The number of halogens is 3. The Morgan fingerprint density at radius 3 is 2.50 bits per heavy atom. The van der Waals surface area contributed by atoms with E-state index in [1.54, 1.807) is 24.3 Å². The Labute approximate surface area is 211 Å². The van der Waals surface area contributed by atoms with E-state index in [4.69, 9.17) is 21.9 Å². The van der Waals surface area contributed by atoms with Crippen LogP contribution in [0.25, 0.3) is 11.1 Å². The summed E-state index contributed by atoms with van der Waals surface area (Å²) < 4.78 is 60.5. The standard InChI is InChI=1S/C24H21ClF2N4O4S/c1-31-22(32)24(30-23(31)28,15-6-2-4-14(10-15)5-3-9-36(33,34)35)16-7-8-20(26)18(11-16)19-12-17(25)13-29-21(19)27/h2,4,6-8,10-13H,3,5,9H2,1H3,(H2,28,30)(H,33,34,35). The lowest BCUT2D eigenvalue weighted by atomic mass is 9.81. The summed E-state index contributed by atoms with van der Waals surface area (Å²) in [5, 5.41) is 0.0995. The molecule has 0 aliphatic carbocycles. The summed E-state index contributed by atoms with van der Waals surface area (Å²) in [5.74, 6) is -2.71. The molecule has 0 bridgehead atoms. The van der Waals surface area contributed by atoms with E-state index in [9.17, 15) is 22.0 Å². The van der Waals surface area contributed by atoms with Crippen LogP contribution in [0.3, 0.4) is 0 Å². The zero-order chi connectivity index (χ0) is 26.3. The van der Waals surface area contributed by atoms with Gasteiger partial charge in [0.25, 0.3) is 16.0 Å². The van der Waals surface area contributed by atoms with Gasteiger partial charge in [0.05, 0.1) is 10.8 Å². The molecule has 0 radical (unpaired) electrons. The molecular weight excluding hydrogens is 514 g/mol. The van der Waals surface area contributed by atoms with Crippen molar-refractivity contribution in [3.05, 3.63) is 88.2 Å². The second kappa shape index (κ2) is 9.57. The van der Waals surface area contributed by atoms with Crippen LogP contribution in [-0.4, -0.2) is 47.5 Å². The fourth-order valence-corrected chi connectivity index (χ4v) is 4.83. The van der Waals surface area contributed by atoms with Crippen molar-refractivity contribution in [3.8, 4) is 11.1 Å². The number of guanidine groups is 1. The predicted octanol–water partition coefficient (Wildman–Crippen LogP) is 3.53. The van der Waals surface area contributed by atoms with Crippen molar-refractivity contribution >= 4 is 33.6 Å². The van der Waals surface area contributed by atoms with Crippen LogP contribution in [-0.2, 0) is 26.9 Å². The summed E-state index contributed by atoms with van der Waals surface area (Å²) in [7, 11) is -2.67. The van der Waals surface area contributed by atoms with Crippen molar-refractivity contribution in [3.63, 3.8) is 0 Å². The van der Waals surface area contributed by atoms with E-state index >= 15 is 0 Å². The van der Waals surface area contributed by atoms with Gasteiger partial charge < -0.3 is 5.73 Å². The van der Waals surface area contributed by atoms with Crippen molar-refractivity contribution in [2.75, 3.05) is 12.8 Å². The molecule has 0 fully saturated rings.